The minimum Gasteiger partial charge on any atom is -0.361 e. The number of halogens is 1. The van der Waals surface area contributed by atoms with Crippen LogP contribution in [0.1, 0.15) is 12.5 Å². The zero-order chi connectivity index (χ0) is 12.1. The molecule has 1 rings (SSSR count). The molecular weight excluding hydrogens is 274 g/mol. The number of terminal acetylenes is 1. The Bertz CT molecular complexity index is 439. The first-order valence-corrected chi connectivity index (χ1v) is 5.35. The molecule has 1 atom stereocenters. The largest absolute Gasteiger partial charge is 0.361 e. The monoisotopic (exact) mass is 283 g/mol. The molecule has 4 nitrogen and oxygen atoms in total. The van der Waals surface area contributed by atoms with E-state index in [1.54, 1.807) is 19.1 Å². The van der Waals surface area contributed by atoms with Gasteiger partial charge in [-0.15, -0.1) is 6.42 Å². The van der Waals surface area contributed by atoms with Crippen LogP contribution in [0.5, 0.6) is 0 Å². The van der Waals surface area contributed by atoms with Gasteiger partial charge in [-0.1, -0.05) is 18.1 Å². The van der Waals surface area contributed by atoms with Crippen molar-refractivity contribution in [3.63, 3.8) is 0 Å². The van der Waals surface area contributed by atoms with E-state index in [9.17, 15) is 10.1 Å². The first kappa shape index (κ1) is 12.7. The highest BCUT2D eigenvalue weighted by atomic mass is 79.9. The molecule has 0 aliphatic rings. The highest BCUT2D eigenvalue weighted by Gasteiger charge is 2.14. The van der Waals surface area contributed by atoms with Crippen LogP contribution in [0.2, 0.25) is 0 Å². The van der Waals surface area contributed by atoms with Crippen LogP contribution < -0.4 is 0 Å². The fraction of sp³-hybridized carbons (Fsp3) is 0.273. The molecule has 1 unspecified atom stereocenters. The molecule has 84 valence electrons. The van der Waals surface area contributed by atoms with Crippen molar-refractivity contribution in [1.29, 1.82) is 0 Å². The molecule has 0 amide bonds. The van der Waals surface area contributed by atoms with Gasteiger partial charge in [-0.25, -0.2) is 0 Å². The van der Waals surface area contributed by atoms with Crippen LogP contribution in [0, 0.1) is 22.5 Å². The van der Waals surface area contributed by atoms with Gasteiger partial charge < -0.3 is 4.74 Å². The summed E-state index contributed by atoms with van der Waals surface area (Å²) in [6, 6.07) is 4.79. The maximum absolute atomic E-state index is 10.7. The zero-order valence-electron chi connectivity index (χ0n) is 8.64. The molecule has 0 saturated carbocycles. The third-order valence-electron chi connectivity index (χ3n) is 1.98. The van der Waals surface area contributed by atoms with E-state index in [0.717, 1.165) is 0 Å². The van der Waals surface area contributed by atoms with E-state index < -0.39 is 4.92 Å². The smallest absolute Gasteiger partial charge is 0.283 e. The molecule has 0 fully saturated rings. The molecule has 16 heavy (non-hydrogen) atoms. The molecule has 0 aliphatic carbocycles. The van der Waals surface area contributed by atoms with Crippen LogP contribution in [0.4, 0.5) is 5.69 Å². The summed E-state index contributed by atoms with van der Waals surface area (Å²) in [6.07, 6.45) is 4.84. The molecule has 0 spiro atoms. The van der Waals surface area contributed by atoms with Crippen LogP contribution in [0.3, 0.4) is 0 Å². The van der Waals surface area contributed by atoms with Crippen molar-refractivity contribution < 1.29 is 9.66 Å². The molecule has 0 aromatic heterocycles. The summed E-state index contributed by atoms with van der Waals surface area (Å²) < 4.78 is 5.74. The van der Waals surface area contributed by atoms with E-state index in [0.29, 0.717) is 10.0 Å². The van der Waals surface area contributed by atoms with E-state index in [-0.39, 0.29) is 18.4 Å². The Morgan fingerprint density at radius 1 is 1.69 bits per heavy atom. The van der Waals surface area contributed by atoms with Crippen molar-refractivity contribution in [2.75, 3.05) is 0 Å². The lowest BCUT2D eigenvalue weighted by Gasteiger charge is -2.08. The fourth-order valence-electron chi connectivity index (χ4n) is 1.08. The summed E-state index contributed by atoms with van der Waals surface area (Å²) in [6.45, 7) is 1.99. The lowest BCUT2D eigenvalue weighted by molar-refractivity contribution is -0.385. The van der Waals surface area contributed by atoms with Gasteiger partial charge in [-0.2, -0.15) is 0 Å². The first-order valence-electron chi connectivity index (χ1n) is 4.55. The van der Waals surface area contributed by atoms with Crippen molar-refractivity contribution in [2.45, 2.75) is 19.6 Å². The van der Waals surface area contributed by atoms with Crippen molar-refractivity contribution in [3.05, 3.63) is 38.3 Å². The molecule has 0 heterocycles. The SMILES string of the molecule is C#CC(C)OCc1cccc([N+](=O)[O-])c1Br. The summed E-state index contributed by atoms with van der Waals surface area (Å²) >= 11 is 3.18. The highest BCUT2D eigenvalue weighted by molar-refractivity contribution is 9.10. The third-order valence-corrected chi connectivity index (χ3v) is 2.89. The lowest BCUT2D eigenvalue weighted by atomic mass is 10.2. The molecule has 0 bridgehead atoms. The minimum atomic E-state index is -0.446. The van der Waals surface area contributed by atoms with Gasteiger partial charge in [0.15, 0.2) is 0 Å². The number of ether oxygens (including phenoxy) is 1. The number of rotatable bonds is 4. The Morgan fingerprint density at radius 2 is 2.38 bits per heavy atom. The molecule has 0 saturated heterocycles. The number of nitro groups is 1. The van der Waals surface area contributed by atoms with Crippen LogP contribution >= 0.6 is 15.9 Å². The molecule has 5 heteroatoms. The lowest BCUT2D eigenvalue weighted by Crippen LogP contribution is -2.05. The van der Waals surface area contributed by atoms with Gasteiger partial charge in [0.2, 0.25) is 0 Å². The van der Waals surface area contributed by atoms with Gasteiger partial charge in [0, 0.05) is 6.07 Å². The predicted molar refractivity (Wildman–Crippen MR) is 63.9 cm³/mol. The maximum Gasteiger partial charge on any atom is 0.283 e. The van der Waals surface area contributed by atoms with Crippen molar-refractivity contribution in [3.8, 4) is 12.3 Å². The fourth-order valence-corrected chi connectivity index (χ4v) is 1.61. The van der Waals surface area contributed by atoms with Crippen LogP contribution in [-0.4, -0.2) is 11.0 Å². The van der Waals surface area contributed by atoms with Crippen LogP contribution in [0.25, 0.3) is 0 Å². The summed E-state index contributed by atoms with van der Waals surface area (Å²) in [7, 11) is 0. The van der Waals surface area contributed by atoms with E-state index >= 15 is 0 Å². The van der Waals surface area contributed by atoms with E-state index in [2.05, 4.69) is 21.9 Å². The average Bonchev–Trinajstić information content (AvgIpc) is 2.26. The number of nitro benzene ring substituents is 1. The van der Waals surface area contributed by atoms with Gasteiger partial charge in [0.05, 0.1) is 11.5 Å². The molecule has 1 aromatic rings. The zero-order valence-corrected chi connectivity index (χ0v) is 10.2. The summed E-state index contributed by atoms with van der Waals surface area (Å²) in [4.78, 5) is 10.2. The minimum absolute atomic E-state index is 0.0226. The normalized spacial score (nSPS) is 11.8. The summed E-state index contributed by atoms with van der Waals surface area (Å²) in [5, 5.41) is 10.7. The average molecular weight is 284 g/mol. The predicted octanol–water partition coefficient (Wildman–Crippen LogP) is 2.90. The van der Waals surface area contributed by atoms with Crippen LogP contribution in [-0.2, 0) is 11.3 Å². The third kappa shape index (κ3) is 3.05. The summed E-state index contributed by atoms with van der Waals surface area (Å²) in [5.74, 6) is 2.42. The Labute approximate surface area is 102 Å². The molecular formula is C11H10BrNO3. The van der Waals surface area contributed by atoms with Gasteiger partial charge in [-0.3, -0.25) is 10.1 Å². The van der Waals surface area contributed by atoms with E-state index in [1.807, 2.05) is 0 Å². The van der Waals surface area contributed by atoms with E-state index in [1.165, 1.54) is 6.07 Å². The number of benzene rings is 1. The van der Waals surface area contributed by atoms with Crippen LogP contribution in [0.15, 0.2) is 22.7 Å². The summed E-state index contributed by atoms with van der Waals surface area (Å²) in [5.41, 5.74) is 0.728. The second-order valence-electron chi connectivity index (χ2n) is 3.13. The number of nitrogens with zero attached hydrogens (tertiary/aromatic N) is 1. The molecule has 0 radical (unpaired) electrons. The number of hydrogen-bond donors (Lipinski definition) is 0. The topological polar surface area (TPSA) is 52.4 Å². The van der Waals surface area contributed by atoms with Gasteiger partial charge >= 0.3 is 0 Å². The van der Waals surface area contributed by atoms with Gasteiger partial charge in [0.1, 0.15) is 10.6 Å². The Kier molecular flexibility index (Phi) is 4.47. The Balaban J connectivity index is 2.86. The van der Waals surface area contributed by atoms with Gasteiger partial charge in [0.25, 0.3) is 5.69 Å². The molecule has 1 aromatic carbocycles. The van der Waals surface area contributed by atoms with Crippen molar-refractivity contribution in [2.24, 2.45) is 0 Å². The molecule has 0 N–H and O–H groups in total. The van der Waals surface area contributed by atoms with Gasteiger partial charge in [-0.05, 0) is 28.4 Å². The second kappa shape index (κ2) is 5.64. The second-order valence-corrected chi connectivity index (χ2v) is 3.92. The van der Waals surface area contributed by atoms with Crippen molar-refractivity contribution in [1.82, 2.24) is 0 Å². The Hall–Kier alpha value is -1.38. The molecule has 0 aliphatic heterocycles. The maximum atomic E-state index is 10.7. The van der Waals surface area contributed by atoms with E-state index in [4.69, 9.17) is 11.2 Å². The van der Waals surface area contributed by atoms with Crippen molar-refractivity contribution >= 4 is 21.6 Å². The first-order chi connectivity index (χ1) is 7.56. The number of hydrogen-bond acceptors (Lipinski definition) is 3. The Morgan fingerprint density at radius 3 is 2.94 bits per heavy atom. The standard InChI is InChI=1S/C11H10BrNO3/c1-3-8(2)16-7-9-5-4-6-10(11(9)12)13(14)15/h1,4-6,8H,7H2,2H3. The highest BCUT2D eigenvalue weighted by Crippen LogP contribution is 2.28. The quantitative estimate of drug-likeness (QED) is 0.485.